The zero-order valence-electron chi connectivity index (χ0n) is 16.4. The summed E-state index contributed by atoms with van der Waals surface area (Å²) in [5, 5.41) is 0. The van der Waals surface area contributed by atoms with E-state index in [0.717, 1.165) is 56.5 Å². The Morgan fingerprint density at radius 2 is 1.78 bits per heavy atom. The third-order valence-corrected chi connectivity index (χ3v) is 6.33. The van der Waals surface area contributed by atoms with Gasteiger partial charge in [0.1, 0.15) is 5.82 Å². The van der Waals surface area contributed by atoms with Gasteiger partial charge >= 0.3 is 0 Å². The Bertz CT molecular complexity index is 677. The highest BCUT2D eigenvalue weighted by atomic mass is 16.2. The fourth-order valence-corrected chi connectivity index (χ4v) is 4.59. The van der Waals surface area contributed by atoms with Crippen LogP contribution in [-0.4, -0.2) is 40.8 Å². The topological polar surface area (TPSA) is 53.5 Å². The van der Waals surface area contributed by atoms with Crippen LogP contribution in [0.5, 0.6) is 0 Å². The number of aromatic nitrogens is 1. The number of anilines is 1. The molecule has 2 saturated carbocycles. The molecule has 1 saturated heterocycles. The Balaban J connectivity index is 1.53. The van der Waals surface area contributed by atoms with Crippen LogP contribution in [0.4, 0.5) is 5.82 Å². The van der Waals surface area contributed by atoms with E-state index in [9.17, 15) is 9.59 Å². The molecule has 1 aliphatic heterocycles. The molecule has 2 amide bonds. The molecule has 5 heteroatoms. The average Bonchev–Trinajstić information content (AvgIpc) is 3.55. The summed E-state index contributed by atoms with van der Waals surface area (Å²) in [6.45, 7) is 3.42. The molecular formula is C22H31N3O2. The summed E-state index contributed by atoms with van der Waals surface area (Å²) in [5.74, 6) is 1.36. The fraction of sp³-hybridized carbons (Fsp3) is 0.682. The van der Waals surface area contributed by atoms with Gasteiger partial charge in [0.2, 0.25) is 11.8 Å². The van der Waals surface area contributed by atoms with Gasteiger partial charge in [0.05, 0.1) is 5.92 Å². The molecule has 4 rings (SSSR count). The Hall–Kier alpha value is -1.91. The molecule has 1 aromatic rings. The van der Waals surface area contributed by atoms with E-state index in [-0.39, 0.29) is 29.7 Å². The SMILES string of the molecule is Cc1ccc(N(C(=O)C2CCCN(C(=O)C3CC3)C2)C2CCCCC2)nc1. The summed E-state index contributed by atoms with van der Waals surface area (Å²) in [4.78, 5) is 34.6. The second-order valence-corrected chi connectivity index (χ2v) is 8.59. The number of rotatable bonds is 4. The van der Waals surface area contributed by atoms with Crippen molar-refractivity contribution in [1.82, 2.24) is 9.88 Å². The minimum atomic E-state index is -0.0912. The highest BCUT2D eigenvalue weighted by Gasteiger charge is 2.39. The van der Waals surface area contributed by atoms with Crippen LogP contribution in [0.15, 0.2) is 18.3 Å². The Morgan fingerprint density at radius 1 is 1.00 bits per heavy atom. The summed E-state index contributed by atoms with van der Waals surface area (Å²) in [5.41, 5.74) is 1.11. The van der Waals surface area contributed by atoms with E-state index in [0.29, 0.717) is 6.54 Å². The molecule has 3 fully saturated rings. The highest BCUT2D eigenvalue weighted by Crippen LogP contribution is 2.34. The number of likely N-dealkylation sites (tertiary alicyclic amines) is 1. The summed E-state index contributed by atoms with van der Waals surface area (Å²) in [7, 11) is 0. The van der Waals surface area contributed by atoms with Crippen LogP contribution in [0.25, 0.3) is 0 Å². The normalized spacial score (nSPS) is 23.9. The number of aryl methyl sites for hydroxylation is 1. The fourth-order valence-electron chi connectivity index (χ4n) is 4.59. The molecule has 2 heterocycles. The average molecular weight is 370 g/mol. The molecule has 0 bridgehead atoms. The first-order valence-corrected chi connectivity index (χ1v) is 10.7. The second kappa shape index (κ2) is 7.99. The van der Waals surface area contributed by atoms with E-state index < -0.39 is 0 Å². The monoisotopic (exact) mass is 369 g/mol. The molecule has 2 aliphatic carbocycles. The Kier molecular flexibility index (Phi) is 5.46. The number of carbonyl (C=O) groups is 2. The van der Waals surface area contributed by atoms with Crippen molar-refractivity contribution in [3.63, 3.8) is 0 Å². The first kappa shape index (κ1) is 18.5. The van der Waals surface area contributed by atoms with Gasteiger partial charge < -0.3 is 4.90 Å². The molecule has 0 radical (unpaired) electrons. The standard InChI is InChI=1S/C22H31N3O2/c1-16-9-12-20(23-14-16)25(19-7-3-2-4-8-19)22(27)18-6-5-13-24(15-18)21(26)17-10-11-17/h9,12,14,17-19H,2-8,10-11,13,15H2,1H3. The molecule has 5 nitrogen and oxygen atoms in total. The number of pyridine rings is 1. The summed E-state index contributed by atoms with van der Waals surface area (Å²) >= 11 is 0. The van der Waals surface area contributed by atoms with E-state index in [4.69, 9.17) is 0 Å². The number of amides is 2. The summed E-state index contributed by atoms with van der Waals surface area (Å²) in [6, 6.07) is 4.27. The van der Waals surface area contributed by atoms with Crippen molar-refractivity contribution < 1.29 is 9.59 Å². The van der Waals surface area contributed by atoms with Crippen molar-refractivity contribution in [2.75, 3.05) is 18.0 Å². The van der Waals surface area contributed by atoms with Crippen LogP contribution in [0, 0.1) is 18.8 Å². The van der Waals surface area contributed by atoms with Crippen LogP contribution >= 0.6 is 0 Å². The highest BCUT2D eigenvalue weighted by molar-refractivity contribution is 5.95. The van der Waals surface area contributed by atoms with Crippen LogP contribution in [0.2, 0.25) is 0 Å². The second-order valence-electron chi connectivity index (χ2n) is 8.59. The zero-order valence-corrected chi connectivity index (χ0v) is 16.4. The van der Waals surface area contributed by atoms with Gasteiger partial charge in [-0.3, -0.25) is 14.5 Å². The third-order valence-electron chi connectivity index (χ3n) is 6.33. The third kappa shape index (κ3) is 4.17. The molecule has 146 valence electrons. The van der Waals surface area contributed by atoms with E-state index >= 15 is 0 Å². The molecule has 0 N–H and O–H groups in total. The number of piperidine rings is 1. The maximum Gasteiger partial charge on any atom is 0.233 e. The van der Waals surface area contributed by atoms with Crippen LogP contribution < -0.4 is 4.90 Å². The summed E-state index contributed by atoms with van der Waals surface area (Å²) < 4.78 is 0. The maximum absolute atomic E-state index is 13.6. The number of hydrogen-bond donors (Lipinski definition) is 0. The van der Waals surface area contributed by atoms with Crippen LogP contribution in [-0.2, 0) is 9.59 Å². The van der Waals surface area contributed by atoms with Crippen molar-refractivity contribution in [2.45, 2.75) is 70.8 Å². The summed E-state index contributed by atoms with van der Waals surface area (Å²) in [6.07, 6.45) is 11.4. The van der Waals surface area contributed by atoms with Gasteiger partial charge in [-0.15, -0.1) is 0 Å². The number of carbonyl (C=O) groups excluding carboxylic acids is 2. The predicted molar refractivity (Wildman–Crippen MR) is 105 cm³/mol. The smallest absolute Gasteiger partial charge is 0.233 e. The lowest BCUT2D eigenvalue weighted by atomic mass is 9.91. The van der Waals surface area contributed by atoms with E-state index in [1.807, 2.05) is 35.1 Å². The molecule has 0 aromatic carbocycles. The first-order valence-electron chi connectivity index (χ1n) is 10.7. The minimum Gasteiger partial charge on any atom is -0.342 e. The van der Waals surface area contributed by atoms with Gasteiger partial charge in [-0.1, -0.05) is 25.3 Å². The Morgan fingerprint density at radius 3 is 2.44 bits per heavy atom. The minimum absolute atomic E-state index is 0.0912. The quantitative estimate of drug-likeness (QED) is 0.813. The van der Waals surface area contributed by atoms with Gasteiger partial charge in [-0.2, -0.15) is 0 Å². The maximum atomic E-state index is 13.6. The molecule has 0 spiro atoms. The van der Waals surface area contributed by atoms with Gasteiger partial charge in [0, 0.05) is 31.2 Å². The predicted octanol–water partition coefficient (Wildman–Crippen LogP) is 3.70. The number of hydrogen-bond acceptors (Lipinski definition) is 3. The molecule has 1 aromatic heterocycles. The van der Waals surface area contributed by atoms with Crippen molar-refractivity contribution in [3.8, 4) is 0 Å². The van der Waals surface area contributed by atoms with E-state index in [1.165, 1.54) is 19.3 Å². The van der Waals surface area contributed by atoms with Crippen LogP contribution in [0.3, 0.4) is 0 Å². The molecular weight excluding hydrogens is 338 g/mol. The van der Waals surface area contributed by atoms with Crippen molar-refractivity contribution in [3.05, 3.63) is 23.9 Å². The van der Waals surface area contributed by atoms with Crippen LogP contribution in [0.1, 0.15) is 63.4 Å². The van der Waals surface area contributed by atoms with Gasteiger partial charge in [-0.05, 0) is 57.1 Å². The van der Waals surface area contributed by atoms with Crippen molar-refractivity contribution >= 4 is 17.6 Å². The molecule has 27 heavy (non-hydrogen) atoms. The lowest BCUT2D eigenvalue weighted by Crippen LogP contribution is -2.50. The van der Waals surface area contributed by atoms with Crippen molar-refractivity contribution in [2.24, 2.45) is 11.8 Å². The van der Waals surface area contributed by atoms with Gasteiger partial charge in [-0.25, -0.2) is 4.98 Å². The Labute approximate surface area is 162 Å². The lowest BCUT2D eigenvalue weighted by molar-refractivity contribution is -0.136. The lowest BCUT2D eigenvalue weighted by Gasteiger charge is -2.39. The van der Waals surface area contributed by atoms with Gasteiger partial charge in [0.25, 0.3) is 0 Å². The molecule has 1 atom stereocenters. The number of nitrogens with zero attached hydrogens (tertiary/aromatic N) is 3. The molecule has 3 aliphatic rings. The molecule has 1 unspecified atom stereocenters. The van der Waals surface area contributed by atoms with Crippen molar-refractivity contribution in [1.29, 1.82) is 0 Å². The zero-order chi connectivity index (χ0) is 18.8. The van der Waals surface area contributed by atoms with E-state index in [1.54, 1.807) is 0 Å². The van der Waals surface area contributed by atoms with E-state index in [2.05, 4.69) is 4.98 Å². The first-order chi connectivity index (χ1) is 13.1. The largest absolute Gasteiger partial charge is 0.342 e. The van der Waals surface area contributed by atoms with Gasteiger partial charge in [0.15, 0.2) is 0 Å².